The highest BCUT2D eigenvalue weighted by atomic mass is 16.5. The van der Waals surface area contributed by atoms with Crippen LogP contribution in [0.3, 0.4) is 0 Å². The van der Waals surface area contributed by atoms with E-state index in [1.54, 1.807) is 11.9 Å². The van der Waals surface area contributed by atoms with Gasteiger partial charge in [0.1, 0.15) is 5.75 Å². The summed E-state index contributed by atoms with van der Waals surface area (Å²) in [4.78, 5) is 18.7. The second-order valence-electron chi connectivity index (χ2n) is 7.46. The first kappa shape index (κ1) is 21.1. The first-order valence-electron chi connectivity index (χ1n) is 9.89. The molecule has 2 N–H and O–H groups in total. The fraction of sp³-hybridized carbons (Fsp3) is 0.619. The lowest BCUT2D eigenvalue weighted by Gasteiger charge is -2.31. The summed E-state index contributed by atoms with van der Waals surface area (Å²) in [6.07, 6.45) is 5.08. The molecule has 0 spiro atoms. The molecule has 0 heterocycles. The molecule has 0 aliphatic heterocycles. The van der Waals surface area contributed by atoms with Gasteiger partial charge in [-0.25, -0.2) is 0 Å². The number of benzene rings is 1. The Bertz CT molecular complexity index is 637. The molecule has 1 aromatic rings. The first-order valence-corrected chi connectivity index (χ1v) is 9.89. The molecule has 150 valence electrons. The number of rotatable bonds is 8. The molecule has 2 rings (SSSR count). The van der Waals surface area contributed by atoms with Gasteiger partial charge in [0, 0.05) is 34.2 Å². The molecular weight excluding hydrogens is 340 g/mol. The lowest BCUT2D eigenvalue weighted by atomic mass is 9.84. The van der Waals surface area contributed by atoms with E-state index in [2.05, 4.69) is 28.6 Å². The number of nitrogens with zero attached hydrogens (tertiary/aromatic N) is 2. The number of amides is 1. The van der Waals surface area contributed by atoms with Gasteiger partial charge in [-0.2, -0.15) is 0 Å². The van der Waals surface area contributed by atoms with Crippen LogP contribution in [-0.2, 0) is 11.3 Å². The van der Waals surface area contributed by atoms with E-state index in [9.17, 15) is 4.79 Å². The van der Waals surface area contributed by atoms with Crippen molar-refractivity contribution in [3.63, 3.8) is 0 Å². The van der Waals surface area contributed by atoms with E-state index in [1.807, 2.05) is 32.3 Å². The van der Waals surface area contributed by atoms with Gasteiger partial charge in [0.25, 0.3) is 0 Å². The number of guanidine groups is 1. The van der Waals surface area contributed by atoms with Crippen LogP contribution in [0.5, 0.6) is 5.75 Å². The molecule has 0 saturated heterocycles. The zero-order valence-electron chi connectivity index (χ0n) is 17.2. The largest absolute Gasteiger partial charge is 0.494 e. The molecule has 0 radical (unpaired) electrons. The van der Waals surface area contributed by atoms with E-state index in [0.717, 1.165) is 50.0 Å². The van der Waals surface area contributed by atoms with Crippen molar-refractivity contribution >= 4 is 11.9 Å². The number of nitrogens with one attached hydrogen (secondary N) is 2. The molecule has 0 unspecified atom stereocenters. The molecule has 0 atom stereocenters. The highest BCUT2D eigenvalue weighted by molar-refractivity contribution is 5.85. The molecule has 1 amide bonds. The second-order valence-corrected chi connectivity index (χ2v) is 7.46. The Morgan fingerprint density at radius 1 is 1.26 bits per heavy atom. The molecule has 6 heteroatoms. The maximum Gasteiger partial charge on any atom is 0.230 e. The summed E-state index contributed by atoms with van der Waals surface area (Å²) in [6.45, 7) is 4.09. The minimum atomic E-state index is -0.310. The second kappa shape index (κ2) is 10.2. The van der Waals surface area contributed by atoms with E-state index in [1.165, 1.54) is 0 Å². The van der Waals surface area contributed by atoms with E-state index in [0.29, 0.717) is 19.0 Å². The molecule has 6 nitrogen and oxygen atoms in total. The van der Waals surface area contributed by atoms with Crippen LogP contribution in [-0.4, -0.2) is 51.1 Å². The van der Waals surface area contributed by atoms with Crippen LogP contribution in [0.25, 0.3) is 0 Å². The molecule has 0 aromatic heterocycles. The monoisotopic (exact) mass is 374 g/mol. The van der Waals surface area contributed by atoms with Crippen LogP contribution in [0.15, 0.2) is 29.3 Å². The summed E-state index contributed by atoms with van der Waals surface area (Å²) in [6, 6.07) is 8.08. The van der Waals surface area contributed by atoms with Crippen molar-refractivity contribution < 1.29 is 9.53 Å². The third-order valence-electron chi connectivity index (χ3n) is 5.07. The van der Waals surface area contributed by atoms with Crippen molar-refractivity contribution in [1.82, 2.24) is 15.5 Å². The fourth-order valence-electron chi connectivity index (χ4n) is 3.62. The van der Waals surface area contributed by atoms with Gasteiger partial charge in [-0.05, 0) is 37.0 Å². The van der Waals surface area contributed by atoms with Gasteiger partial charge in [-0.15, -0.1) is 0 Å². The topological polar surface area (TPSA) is 66.0 Å². The Balaban J connectivity index is 1.91. The van der Waals surface area contributed by atoms with Gasteiger partial charge >= 0.3 is 0 Å². The van der Waals surface area contributed by atoms with Crippen LogP contribution < -0.4 is 15.4 Å². The molecule has 1 aliphatic rings. The Morgan fingerprint density at radius 3 is 2.63 bits per heavy atom. The van der Waals surface area contributed by atoms with Crippen LogP contribution in [0.4, 0.5) is 0 Å². The standard InChI is InChI=1S/C21H34N4O2/c1-5-13-27-18-10-8-9-17(14-18)15-23-20(22-2)24-16-21(11-6-7-12-21)19(26)25(3)4/h8-10,14H,5-7,11-13,15-16H2,1-4H3,(H2,22,23,24). The summed E-state index contributed by atoms with van der Waals surface area (Å²) in [7, 11) is 5.43. The lowest BCUT2D eigenvalue weighted by Crippen LogP contribution is -2.49. The minimum absolute atomic E-state index is 0.212. The predicted molar refractivity (Wildman–Crippen MR) is 110 cm³/mol. The maximum atomic E-state index is 12.7. The molecule has 1 saturated carbocycles. The normalized spacial score (nSPS) is 16.1. The molecule has 1 fully saturated rings. The van der Waals surface area contributed by atoms with Gasteiger partial charge < -0.3 is 20.3 Å². The zero-order chi connectivity index (χ0) is 19.7. The van der Waals surface area contributed by atoms with Crippen LogP contribution >= 0.6 is 0 Å². The summed E-state index contributed by atoms with van der Waals surface area (Å²) >= 11 is 0. The Labute approximate surface area is 163 Å². The van der Waals surface area contributed by atoms with E-state index in [4.69, 9.17) is 4.74 Å². The predicted octanol–water partition coefficient (Wildman–Crippen LogP) is 2.79. The average molecular weight is 375 g/mol. The quantitative estimate of drug-likeness (QED) is 0.542. The van der Waals surface area contributed by atoms with Crippen LogP contribution in [0.1, 0.15) is 44.6 Å². The Hall–Kier alpha value is -2.24. The van der Waals surface area contributed by atoms with Gasteiger partial charge in [0.05, 0.1) is 12.0 Å². The van der Waals surface area contributed by atoms with Gasteiger partial charge in [-0.3, -0.25) is 9.79 Å². The number of aliphatic imine (C=N–C) groups is 1. The van der Waals surface area contributed by atoms with Gasteiger partial charge in [0.2, 0.25) is 5.91 Å². The summed E-state index contributed by atoms with van der Waals surface area (Å²) in [5.74, 6) is 1.82. The molecule has 0 bridgehead atoms. The maximum absolute atomic E-state index is 12.7. The molecule has 27 heavy (non-hydrogen) atoms. The third-order valence-corrected chi connectivity index (χ3v) is 5.07. The first-order chi connectivity index (χ1) is 13.0. The van der Waals surface area contributed by atoms with Crippen molar-refractivity contribution in [1.29, 1.82) is 0 Å². The number of hydrogen-bond donors (Lipinski definition) is 2. The smallest absolute Gasteiger partial charge is 0.230 e. The van der Waals surface area contributed by atoms with Gasteiger partial charge in [0.15, 0.2) is 5.96 Å². The van der Waals surface area contributed by atoms with Crippen molar-refractivity contribution in [3.8, 4) is 5.75 Å². The zero-order valence-corrected chi connectivity index (χ0v) is 17.2. The van der Waals surface area contributed by atoms with Crippen LogP contribution in [0, 0.1) is 5.41 Å². The molecule has 1 aliphatic carbocycles. The lowest BCUT2D eigenvalue weighted by molar-refractivity contribution is -0.138. The third kappa shape index (κ3) is 5.88. The van der Waals surface area contributed by atoms with Gasteiger partial charge in [-0.1, -0.05) is 31.9 Å². The van der Waals surface area contributed by atoms with Crippen molar-refractivity contribution in [2.24, 2.45) is 10.4 Å². The Morgan fingerprint density at radius 2 is 2.00 bits per heavy atom. The highest BCUT2D eigenvalue weighted by Crippen LogP contribution is 2.38. The highest BCUT2D eigenvalue weighted by Gasteiger charge is 2.42. The van der Waals surface area contributed by atoms with Crippen molar-refractivity contribution in [2.45, 2.75) is 45.6 Å². The minimum Gasteiger partial charge on any atom is -0.494 e. The fourth-order valence-corrected chi connectivity index (χ4v) is 3.62. The summed E-state index contributed by atoms with van der Waals surface area (Å²) < 4.78 is 5.69. The van der Waals surface area contributed by atoms with E-state index >= 15 is 0 Å². The Kier molecular flexibility index (Phi) is 7.95. The van der Waals surface area contributed by atoms with E-state index < -0.39 is 0 Å². The number of carbonyl (C=O) groups is 1. The molecular formula is C21H34N4O2. The van der Waals surface area contributed by atoms with Crippen LogP contribution in [0.2, 0.25) is 0 Å². The van der Waals surface area contributed by atoms with Crippen molar-refractivity contribution in [2.75, 3.05) is 34.3 Å². The average Bonchev–Trinajstić information content (AvgIpc) is 3.16. The summed E-state index contributed by atoms with van der Waals surface area (Å²) in [5, 5.41) is 6.70. The number of ether oxygens (including phenoxy) is 1. The van der Waals surface area contributed by atoms with Crippen molar-refractivity contribution in [3.05, 3.63) is 29.8 Å². The van der Waals surface area contributed by atoms with E-state index in [-0.39, 0.29) is 11.3 Å². The number of carbonyl (C=O) groups excluding carboxylic acids is 1. The summed E-state index contributed by atoms with van der Waals surface area (Å²) in [5.41, 5.74) is 0.821. The molecule has 1 aromatic carbocycles. The number of hydrogen-bond acceptors (Lipinski definition) is 3. The SMILES string of the molecule is CCCOc1cccc(CNC(=NC)NCC2(C(=O)N(C)C)CCCC2)c1.